The zero-order valence-corrected chi connectivity index (χ0v) is 24.3. The van der Waals surface area contributed by atoms with Crippen LogP contribution in [-0.2, 0) is 6.42 Å². The fourth-order valence-electron chi connectivity index (χ4n) is 5.29. The molecule has 0 saturated heterocycles. The standard InChI is InChI=1S/C33H26N4O3S2/c38-28(18-21-10-11-21)29-19-23-16-17-36(27-9-5-4-8-26(27)30(23)42-29)32(40)22-12-14-24(15-13-22)35-31(39)33-37(34-20-41-33)25-6-2-1-3-7-25/h1-9,12-15,19-21H,10-11,16-18H2/p+1. The number of fused-ring (bicyclic) bond motifs is 3. The summed E-state index contributed by atoms with van der Waals surface area (Å²) in [7, 11) is 0. The number of amides is 2. The van der Waals surface area contributed by atoms with Gasteiger partial charge in [0.1, 0.15) is 0 Å². The van der Waals surface area contributed by atoms with Crippen LogP contribution >= 0.6 is 22.7 Å². The Morgan fingerprint density at radius 2 is 1.71 bits per heavy atom. The lowest BCUT2D eigenvalue weighted by molar-refractivity contribution is -0.655. The highest BCUT2D eigenvalue weighted by atomic mass is 32.1. The molecular formula is C33H27N4O3S2+. The minimum Gasteiger partial charge on any atom is -0.316 e. The van der Waals surface area contributed by atoms with Gasteiger partial charge in [-0.3, -0.25) is 14.4 Å². The second-order valence-corrected chi connectivity index (χ2v) is 12.5. The van der Waals surface area contributed by atoms with E-state index >= 15 is 0 Å². The number of benzene rings is 3. The van der Waals surface area contributed by atoms with Gasteiger partial charge in [0, 0.05) is 51.9 Å². The fraction of sp³-hybridized carbons (Fsp3) is 0.182. The molecule has 0 radical (unpaired) electrons. The van der Waals surface area contributed by atoms with Gasteiger partial charge in [-0.05, 0) is 83.2 Å². The summed E-state index contributed by atoms with van der Waals surface area (Å²) in [4.78, 5) is 43.4. The van der Waals surface area contributed by atoms with E-state index < -0.39 is 0 Å². The fourth-order valence-corrected chi connectivity index (χ4v) is 7.14. The van der Waals surface area contributed by atoms with Crippen LogP contribution in [0.5, 0.6) is 0 Å². The van der Waals surface area contributed by atoms with Gasteiger partial charge in [0.25, 0.3) is 5.91 Å². The molecular weight excluding hydrogens is 565 g/mol. The zero-order valence-electron chi connectivity index (χ0n) is 22.7. The minimum absolute atomic E-state index is 0.107. The molecule has 1 N–H and O–H groups in total. The Morgan fingerprint density at radius 1 is 0.952 bits per heavy atom. The molecule has 5 aromatic rings. The third-order valence-corrected chi connectivity index (χ3v) is 9.68. The van der Waals surface area contributed by atoms with Crippen molar-refractivity contribution in [3.8, 4) is 16.1 Å². The summed E-state index contributed by atoms with van der Waals surface area (Å²) in [6.07, 6.45) is 3.63. The Hall–Kier alpha value is -4.47. The van der Waals surface area contributed by atoms with Crippen molar-refractivity contribution in [2.45, 2.75) is 25.7 Å². The second-order valence-electron chi connectivity index (χ2n) is 10.6. The lowest BCUT2D eigenvalue weighted by atomic mass is 10.1. The molecule has 3 aromatic carbocycles. The normalized spacial score (nSPS) is 14.0. The number of para-hydroxylation sites is 2. The van der Waals surface area contributed by atoms with Crippen molar-refractivity contribution in [3.63, 3.8) is 0 Å². The topological polar surface area (TPSA) is 83.2 Å². The largest absolute Gasteiger partial charge is 0.360 e. The van der Waals surface area contributed by atoms with Crippen LogP contribution in [0.25, 0.3) is 16.1 Å². The van der Waals surface area contributed by atoms with Gasteiger partial charge in [-0.2, -0.15) is 0 Å². The minimum atomic E-state index is -0.275. The Morgan fingerprint density at radius 3 is 2.50 bits per heavy atom. The molecule has 2 amide bonds. The van der Waals surface area contributed by atoms with Crippen LogP contribution in [-0.4, -0.2) is 29.2 Å². The highest BCUT2D eigenvalue weighted by Gasteiger charge is 2.30. The number of hydrogen-bond acceptors (Lipinski definition) is 6. The Bertz CT molecular complexity index is 1810. The Labute approximate surface area is 251 Å². The molecule has 1 fully saturated rings. The molecule has 0 unspecified atom stereocenters. The van der Waals surface area contributed by atoms with Crippen molar-refractivity contribution in [2.75, 3.05) is 16.8 Å². The summed E-state index contributed by atoms with van der Waals surface area (Å²) in [5.41, 5.74) is 6.51. The molecule has 2 aliphatic rings. The Balaban J connectivity index is 1.09. The number of rotatable bonds is 7. The molecule has 7 nitrogen and oxygen atoms in total. The van der Waals surface area contributed by atoms with E-state index in [9.17, 15) is 14.4 Å². The molecule has 7 rings (SSSR count). The van der Waals surface area contributed by atoms with E-state index in [2.05, 4.69) is 10.4 Å². The lowest BCUT2D eigenvalue weighted by Crippen LogP contribution is -2.39. The van der Waals surface area contributed by atoms with Crippen molar-refractivity contribution >= 4 is 51.6 Å². The van der Waals surface area contributed by atoms with Crippen LogP contribution in [0.3, 0.4) is 0 Å². The summed E-state index contributed by atoms with van der Waals surface area (Å²) in [5.74, 6) is 0.407. The number of ketones is 1. The van der Waals surface area contributed by atoms with E-state index in [1.807, 2.05) is 65.6 Å². The first-order valence-corrected chi connectivity index (χ1v) is 15.6. The number of carbonyl (C=O) groups is 3. The van der Waals surface area contributed by atoms with E-state index in [1.54, 1.807) is 45.8 Å². The maximum atomic E-state index is 13.8. The van der Waals surface area contributed by atoms with Crippen LogP contribution in [0.2, 0.25) is 0 Å². The summed E-state index contributed by atoms with van der Waals surface area (Å²) in [6.45, 7) is 0.513. The Kier molecular flexibility index (Phi) is 6.97. The quantitative estimate of drug-likeness (QED) is 0.171. The van der Waals surface area contributed by atoms with Crippen LogP contribution in [0.15, 0.2) is 90.4 Å². The molecule has 1 aliphatic heterocycles. The summed E-state index contributed by atoms with van der Waals surface area (Å²) >= 11 is 2.81. The van der Waals surface area contributed by atoms with Gasteiger partial charge in [0.05, 0.1) is 10.6 Å². The van der Waals surface area contributed by atoms with E-state index in [0.29, 0.717) is 41.6 Å². The van der Waals surface area contributed by atoms with Crippen molar-refractivity contribution in [3.05, 3.63) is 111 Å². The molecule has 0 bridgehead atoms. The van der Waals surface area contributed by atoms with Gasteiger partial charge >= 0.3 is 10.9 Å². The molecule has 3 heterocycles. The van der Waals surface area contributed by atoms with Gasteiger partial charge in [-0.25, -0.2) is 0 Å². The second kappa shape index (κ2) is 11.1. The van der Waals surface area contributed by atoms with Crippen LogP contribution in [0, 0.1) is 5.92 Å². The zero-order chi connectivity index (χ0) is 28.6. The molecule has 208 valence electrons. The average Bonchev–Trinajstić information content (AvgIpc) is 3.55. The predicted octanol–water partition coefficient (Wildman–Crippen LogP) is 6.59. The molecule has 0 atom stereocenters. The third kappa shape index (κ3) is 5.17. The van der Waals surface area contributed by atoms with Gasteiger partial charge < -0.3 is 10.2 Å². The molecule has 42 heavy (non-hydrogen) atoms. The molecule has 1 aliphatic carbocycles. The smallest absolute Gasteiger partial charge is 0.316 e. The van der Waals surface area contributed by atoms with Crippen LogP contribution in [0.4, 0.5) is 11.4 Å². The van der Waals surface area contributed by atoms with E-state index in [-0.39, 0.29) is 17.6 Å². The number of Topliss-reactive ketones (excluding diaryl/α,β-unsaturated/α-hetero) is 1. The molecule has 9 heteroatoms. The molecule has 0 spiro atoms. The highest BCUT2D eigenvalue weighted by Crippen LogP contribution is 2.43. The van der Waals surface area contributed by atoms with Gasteiger partial charge in [0.15, 0.2) is 11.3 Å². The summed E-state index contributed by atoms with van der Waals surface area (Å²) in [5, 5.41) is 7.69. The monoisotopic (exact) mass is 591 g/mol. The van der Waals surface area contributed by atoms with Crippen molar-refractivity contribution < 1.29 is 19.1 Å². The van der Waals surface area contributed by atoms with Gasteiger partial charge in [-0.1, -0.05) is 36.4 Å². The average molecular weight is 592 g/mol. The number of nitrogens with one attached hydrogen (secondary N) is 1. The SMILES string of the molecule is O=C(CC1CC1)c1cc2c(s1)-c1ccccc1N(C(=O)c1ccc(NC(=O)c3scn[n+]3-c3ccccc3)cc1)CC2. The third-order valence-electron chi connectivity index (χ3n) is 7.65. The summed E-state index contributed by atoms with van der Waals surface area (Å²) < 4.78 is 1.61. The number of hydrogen-bond donors (Lipinski definition) is 1. The van der Waals surface area contributed by atoms with Crippen LogP contribution < -0.4 is 14.9 Å². The first kappa shape index (κ1) is 26.4. The van der Waals surface area contributed by atoms with Crippen molar-refractivity contribution in [1.29, 1.82) is 0 Å². The molecule has 1 saturated carbocycles. The predicted molar refractivity (Wildman–Crippen MR) is 165 cm³/mol. The highest BCUT2D eigenvalue weighted by molar-refractivity contribution is 7.17. The summed E-state index contributed by atoms with van der Waals surface area (Å²) in [6, 6.07) is 26.4. The number of carbonyl (C=O) groups excluding carboxylic acids is 3. The van der Waals surface area contributed by atoms with Crippen molar-refractivity contribution in [1.82, 2.24) is 5.10 Å². The maximum Gasteiger partial charge on any atom is 0.360 e. The maximum absolute atomic E-state index is 13.8. The number of aromatic nitrogens is 2. The van der Waals surface area contributed by atoms with E-state index in [0.717, 1.165) is 45.1 Å². The van der Waals surface area contributed by atoms with Crippen molar-refractivity contribution in [2.24, 2.45) is 5.92 Å². The van der Waals surface area contributed by atoms with Gasteiger partial charge in [0.2, 0.25) is 5.69 Å². The molecule has 2 aromatic heterocycles. The van der Waals surface area contributed by atoms with E-state index in [4.69, 9.17) is 0 Å². The number of anilines is 2. The number of nitrogens with zero attached hydrogens (tertiary/aromatic N) is 3. The van der Waals surface area contributed by atoms with Crippen LogP contribution in [0.1, 0.15) is 54.7 Å². The first-order chi connectivity index (χ1) is 20.5. The van der Waals surface area contributed by atoms with E-state index in [1.165, 1.54) is 11.3 Å². The lowest BCUT2D eigenvalue weighted by Gasteiger charge is -2.23. The van der Waals surface area contributed by atoms with Gasteiger partial charge in [-0.15, -0.1) is 11.3 Å². The number of thiophene rings is 1. The first-order valence-electron chi connectivity index (χ1n) is 13.9.